The largest absolute Gasteiger partial charge is 0.481 e. The van der Waals surface area contributed by atoms with E-state index in [-0.39, 0.29) is 39.8 Å². The number of hydrogen-bond donors (Lipinski definition) is 2. The first kappa shape index (κ1) is 30.6. The Bertz CT molecular complexity index is 1360. The Hall–Kier alpha value is -3.35. The van der Waals surface area contributed by atoms with Gasteiger partial charge < -0.3 is 15.3 Å². The van der Waals surface area contributed by atoms with Gasteiger partial charge in [0, 0.05) is 23.8 Å². The third-order valence-corrected chi connectivity index (χ3v) is 8.12. The third kappa shape index (κ3) is 7.90. The van der Waals surface area contributed by atoms with Gasteiger partial charge in [0.15, 0.2) is 0 Å². The van der Waals surface area contributed by atoms with Gasteiger partial charge >= 0.3 is 5.97 Å². The molecule has 2 N–H and O–H groups in total. The van der Waals surface area contributed by atoms with Crippen LogP contribution in [0.2, 0.25) is 10.0 Å². The van der Waals surface area contributed by atoms with Crippen LogP contribution in [0.4, 0.5) is 11.4 Å². The Morgan fingerprint density at radius 2 is 1.56 bits per heavy atom. The minimum atomic E-state index is -0.943. The van der Waals surface area contributed by atoms with Crippen LogP contribution >= 0.6 is 23.2 Å². The predicted octanol–water partition coefficient (Wildman–Crippen LogP) is 8.23. The summed E-state index contributed by atoms with van der Waals surface area (Å²) in [7, 11) is 0. The van der Waals surface area contributed by atoms with Crippen molar-refractivity contribution in [2.75, 3.05) is 16.8 Å². The highest BCUT2D eigenvalue weighted by molar-refractivity contribution is 6.40. The molecule has 2 amide bonds. The molecule has 4 rings (SSSR count). The zero-order chi connectivity index (χ0) is 29.5. The van der Waals surface area contributed by atoms with Crippen molar-refractivity contribution in [1.29, 1.82) is 0 Å². The number of aliphatic carboxylic acids is 1. The second-order valence-corrected chi connectivity index (χ2v) is 11.9. The summed E-state index contributed by atoms with van der Waals surface area (Å²) < 4.78 is 0. The average molecular weight is 596 g/mol. The van der Waals surface area contributed by atoms with Gasteiger partial charge in [0.25, 0.3) is 5.91 Å². The van der Waals surface area contributed by atoms with E-state index in [9.17, 15) is 19.5 Å². The van der Waals surface area contributed by atoms with E-state index in [2.05, 4.69) is 19.2 Å². The average Bonchev–Trinajstić information content (AvgIpc) is 2.95. The van der Waals surface area contributed by atoms with Crippen molar-refractivity contribution >= 4 is 52.4 Å². The number of nitrogens with zero attached hydrogens (tertiary/aromatic N) is 1. The zero-order valence-corrected chi connectivity index (χ0v) is 24.9. The van der Waals surface area contributed by atoms with Crippen LogP contribution in [0.3, 0.4) is 0 Å². The lowest BCUT2D eigenvalue weighted by atomic mass is 9.87. The van der Waals surface area contributed by atoms with Gasteiger partial charge in [-0.2, -0.15) is 0 Å². The number of rotatable bonds is 10. The molecule has 1 saturated carbocycles. The number of anilines is 2. The Labute approximate surface area is 251 Å². The molecule has 1 atom stereocenters. The van der Waals surface area contributed by atoms with Crippen molar-refractivity contribution in [2.45, 2.75) is 58.3 Å². The highest BCUT2D eigenvalue weighted by Crippen LogP contribution is 2.31. The van der Waals surface area contributed by atoms with Crippen molar-refractivity contribution < 1.29 is 19.5 Å². The van der Waals surface area contributed by atoms with Crippen LogP contribution in [-0.4, -0.2) is 29.4 Å². The van der Waals surface area contributed by atoms with Gasteiger partial charge in [0.1, 0.15) is 0 Å². The van der Waals surface area contributed by atoms with Crippen molar-refractivity contribution in [2.24, 2.45) is 11.8 Å². The maximum Gasteiger partial charge on any atom is 0.311 e. The summed E-state index contributed by atoms with van der Waals surface area (Å²) >= 11 is 12.3. The highest BCUT2D eigenvalue weighted by atomic mass is 35.5. The zero-order valence-electron chi connectivity index (χ0n) is 23.4. The molecule has 3 aromatic carbocycles. The van der Waals surface area contributed by atoms with E-state index in [1.54, 1.807) is 42.5 Å². The summed E-state index contributed by atoms with van der Waals surface area (Å²) in [4.78, 5) is 40.5. The van der Waals surface area contributed by atoms with Gasteiger partial charge in [0.05, 0.1) is 21.5 Å². The first-order chi connectivity index (χ1) is 19.6. The van der Waals surface area contributed by atoms with Crippen LogP contribution in [0.5, 0.6) is 0 Å². The molecule has 0 spiro atoms. The molecule has 0 aliphatic heterocycles. The predicted molar refractivity (Wildman–Crippen MR) is 165 cm³/mol. The molecule has 41 heavy (non-hydrogen) atoms. The van der Waals surface area contributed by atoms with Crippen LogP contribution < -0.4 is 10.2 Å². The molecule has 1 aliphatic rings. The molecule has 0 aromatic heterocycles. The lowest BCUT2D eigenvalue weighted by molar-refractivity contribution is -0.138. The van der Waals surface area contributed by atoms with Crippen molar-refractivity contribution in [3.63, 3.8) is 0 Å². The standard InChI is InChI=1S/C33H36Cl2N2O4/c1-21(2)20-37(32(39)23-8-4-3-5-9-23)26-11-6-10-24(19-26)27(33(40)41)18-22-14-16-25(17-15-22)36-31(38)30-28(34)12-7-13-29(30)35/h6-7,10-17,19,21,23,27H,3-5,8-9,18,20H2,1-2H3,(H,36,38)(H,40,41). The number of benzene rings is 3. The molecule has 3 aromatic rings. The third-order valence-electron chi connectivity index (χ3n) is 7.49. The van der Waals surface area contributed by atoms with E-state index >= 15 is 0 Å². The number of nitrogens with one attached hydrogen (secondary N) is 1. The maximum absolute atomic E-state index is 13.5. The van der Waals surface area contributed by atoms with Crippen molar-refractivity contribution in [3.05, 3.63) is 93.5 Å². The molecule has 1 fully saturated rings. The molecule has 1 unspecified atom stereocenters. The van der Waals surface area contributed by atoms with E-state index in [0.29, 0.717) is 17.8 Å². The van der Waals surface area contributed by atoms with Crippen LogP contribution in [0.1, 0.15) is 73.4 Å². The van der Waals surface area contributed by atoms with Gasteiger partial charge in [0.2, 0.25) is 5.91 Å². The fourth-order valence-corrected chi connectivity index (χ4v) is 5.95. The fourth-order valence-electron chi connectivity index (χ4n) is 5.38. The smallest absolute Gasteiger partial charge is 0.311 e. The monoisotopic (exact) mass is 594 g/mol. The van der Waals surface area contributed by atoms with E-state index < -0.39 is 17.8 Å². The Morgan fingerprint density at radius 1 is 0.927 bits per heavy atom. The highest BCUT2D eigenvalue weighted by Gasteiger charge is 2.28. The molecule has 0 bridgehead atoms. The second-order valence-electron chi connectivity index (χ2n) is 11.1. The number of amides is 2. The Kier molecular flexibility index (Phi) is 10.5. The fraction of sp³-hybridized carbons (Fsp3) is 0.364. The minimum absolute atomic E-state index is 0.0226. The summed E-state index contributed by atoms with van der Waals surface area (Å²) in [5, 5.41) is 13.5. The molecular formula is C33H36Cl2N2O4. The number of carboxylic acid groups (broad SMARTS) is 1. The van der Waals surface area contributed by atoms with E-state index in [0.717, 1.165) is 36.9 Å². The summed E-state index contributed by atoms with van der Waals surface area (Å²) in [6, 6.07) is 19.3. The van der Waals surface area contributed by atoms with Crippen LogP contribution in [-0.2, 0) is 16.0 Å². The van der Waals surface area contributed by atoms with E-state index in [4.69, 9.17) is 23.2 Å². The number of halogens is 2. The quantitative estimate of drug-likeness (QED) is 0.247. The summed E-state index contributed by atoms with van der Waals surface area (Å²) in [6.07, 6.45) is 5.39. The SMILES string of the molecule is CC(C)CN(C(=O)C1CCCCC1)c1cccc(C(Cc2ccc(NC(=O)c3c(Cl)cccc3Cl)cc2)C(=O)O)c1. The summed E-state index contributed by atoms with van der Waals surface area (Å²) in [6.45, 7) is 4.75. The van der Waals surface area contributed by atoms with Gasteiger partial charge in [-0.3, -0.25) is 14.4 Å². The van der Waals surface area contributed by atoms with Crippen LogP contribution in [0.25, 0.3) is 0 Å². The van der Waals surface area contributed by atoms with Gasteiger partial charge in [-0.15, -0.1) is 0 Å². The summed E-state index contributed by atoms with van der Waals surface area (Å²) in [5.41, 5.74) is 2.92. The number of carboxylic acids is 1. The topological polar surface area (TPSA) is 86.7 Å². The molecule has 0 heterocycles. The van der Waals surface area contributed by atoms with Crippen LogP contribution in [0, 0.1) is 11.8 Å². The molecule has 1 aliphatic carbocycles. The molecule has 6 nitrogen and oxygen atoms in total. The Morgan fingerprint density at radius 3 is 2.17 bits per heavy atom. The van der Waals surface area contributed by atoms with Crippen molar-refractivity contribution in [1.82, 2.24) is 0 Å². The maximum atomic E-state index is 13.5. The van der Waals surface area contributed by atoms with Crippen LogP contribution in [0.15, 0.2) is 66.7 Å². The van der Waals surface area contributed by atoms with Crippen molar-refractivity contribution in [3.8, 4) is 0 Å². The number of carbonyl (C=O) groups is 3. The molecule has 8 heteroatoms. The lowest BCUT2D eigenvalue weighted by Crippen LogP contribution is -2.39. The molecule has 0 radical (unpaired) electrons. The minimum Gasteiger partial charge on any atom is -0.481 e. The lowest BCUT2D eigenvalue weighted by Gasteiger charge is -2.31. The van der Waals surface area contributed by atoms with E-state index in [1.165, 1.54) is 6.42 Å². The second kappa shape index (κ2) is 14.0. The Balaban J connectivity index is 1.51. The van der Waals surface area contributed by atoms with E-state index in [1.807, 2.05) is 29.2 Å². The van der Waals surface area contributed by atoms with Gasteiger partial charge in [-0.1, -0.05) is 86.6 Å². The molecule has 216 valence electrons. The van der Waals surface area contributed by atoms with Gasteiger partial charge in [-0.05, 0) is 72.7 Å². The normalized spacial score (nSPS) is 14.5. The first-order valence-electron chi connectivity index (χ1n) is 14.1. The molecular weight excluding hydrogens is 559 g/mol. The first-order valence-corrected chi connectivity index (χ1v) is 14.9. The summed E-state index contributed by atoms with van der Waals surface area (Å²) in [5.74, 6) is -1.74. The number of carbonyl (C=O) groups excluding carboxylic acids is 2. The molecule has 0 saturated heterocycles. The van der Waals surface area contributed by atoms with Gasteiger partial charge in [-0.25, -0.2) is 0 Å². The number of hydrogen-bond acceptors (Lipinski definition) is 3.